The van der Waals surface area contributed by atoms with Crippen molar-refractivity contribution in [3.05, 3.63) is 12.2 Å². The molecule has 0 aromatic carbocycles. The van der Waals surface area contributed by atoms with E-state index in [2.05, 4.69) is 13.0 Å². The minimum absolute atomic E-state index is 0.521. The Kier molecular flexibility index (Phi) is 1.62. The number of hydrogen-bond donors (Lipinski definition) is 1. The molecule has 0 aliphatic heterocycles. The molecule has 0 aromatic heterocycles. The van der Waals surface area contributed by atoms with E-state index >= 15 is 0 Å². The van der Waals surface area contributed by atoms with Crippen LogP contribution in [0.3, 0.4) is 0 Å². The van der Waals surface area contributed by atoms with Crippen molar-refractivity contribution in [3.8, 4) is 0 Å². The third-order valence-corrected chi connectivity index (χ3v) is 1.89. The second kappa shape index (κ2) is 2.14. The predicted octanol–water partition coefficient (Wildman–Crippen LogP) is 1.72. The van der Waals surface area contributed by atoms with Gasteiger partial charge in [0.25, 0.3) is 0 Å². The van der Waals surface area contributed by atoms with Crippen LogP contribution in [0.2, 0.25) is 0 Å². The van der Waals surface area contributed by atoms with E-state index in [1.807, 2.05) is 13.0 Å². The van der Waals surface area contributed by atoms with E-state index in [9.17, 15) is 5.11 Å². The van der Waals surface area contributed by atoms with Gasteiger partial charge in [0, 0.05) is 0 Å². The van der Waals surface area contributed by atoms with Crippen LogP contribution in [0.4, 0.5) is 0 Å². The lowest BCUT2D eigenvalue weighted by molar-refractivity contribution is 0.0893. The third-order valence-electron chi connectivity index (χ3n) is 1.89. The summed E-state index contributed by atoms with van der Waals surface area (Å²) >= 11 is 0. The molecule has 0 saturated carbocycles. The fourth-order valence-corrected chi connectivity index (χ4v) is 1.07. The van der Waals surface area contributed by atoms with Crippen LogP contribution in [-0.4, -0.2) is 10.7 Å². The number of rotatable bonds is 0. The summed E-state index contributed by atoms with van der Waals surface area (Å²) in [5.41, 5.74) is -0.521. The van der Waals surface area contributed by atoms with Gasteiger partial charge in [0.15, 0.2) is 0 Å². The largest absolute Gasteiger partial charge is 0.386 e. The molecule has 1 unspecified atom stereocenters. The van der Waals surface area contributed by atoms with Crippen molar-refractivity contribution >= 4 is 0 Å². The molecular weight excluding hydrogens is 112 g/mol. The molecule has 0 fully saturated rings. The van der Waals surface area contributed by atoms with Gasteiger partial charge >= 0.3 is 0 Å². The molecule has 1 N–H and O–H groups in total. The zero-order valence-corrected chi connectivity index (χ0v) is 6.09. The second-order valence-electron chi connectivity index (χ2n) is 3.23. The number of hydrogen-bond acceptors (Lipinski definition) is 1. The molecule has 52 valence electrons. The normalized spacial score (nSPS) is 43.2. The zero-order valence-electron chi connectivity index (χ0n) is 6.09. The Hall–Kier alpha value is -0.300. The molecule has 1 aliphatic carbocycles. The SMILES string of the molecule is CC1C=C[C@](C)(O)CC1. The highest BCUT2D eigenvalue weighted by Crippen LogP contribution is 2.24. The summed E-state index contributed by atoms with van der Waals surface area (Å²) in [5.74, 6) is 0.658. The Labute approximate surface area is 56.4 Å². The Balaban J connectivity index is 2.58. The van der Waals surface area contributed by atoms with Gasteiger partial charge in [0.1, 0.15) is 0 Å². The standard InChI is InChI=1S/C8H14O/c1-7-3-5-8(2,9)6-4-7/h3,5,7,9H,4,6H2,1-2H3/t7?,8-/m0/s1. The van der Waals surface area contributed by atoms with Crippen molar-refractivity contribution in [2.45, 2.75) is 32.3 Å². The maximum Gasteiger partial charge on any atom is 0.0800 e. The van der Waals surface area contributed by atoms with Crippen LogP contribution >= 0.6 is 0 Å². The van der Waals surface area contributed by atoms with Gasteiger partial charge in [-0.2, -0.15) is 0 Å². The maximum atomic E-state index is 9.41. The summed E-state index contributed by atoms with van der Waals surface area (Å²) in [4.78, 5) is 0. The second-order valence-corrected chi connectivity index (χ2v) is 3.23. The van der Waals surface area contributed by atoms with Gasteiger partial charge in [-0.15, -0.1) is 0 Å². The highest BCUT2D eigenvalue weighted by Gasteiger charge is 2.20. The van der Waals surface area contributed by atoms with Crippen LogP contribution in [0, 0.1) is 5.92 Å². The lowest BCUT2D eigenvalue weighted by Crippen LogP contribution is -2.24. The molecule has 0 radical (unpaired) electrons. The van der Waals surface area contributed by atoms with Crippen LogP contribution in [0.15, 0.2) is 12.2 Å². The molecule has 1 aliphatic rings. The van der Waals surface area contributed by atoms with E-state index in [-0.39, 0.29) is 0 Å². The maximum absolute atomic E-state index is 9.41. The van der Waals surface area contributed by atoms with Gasteiger partial charge in [-0.3, -0.25) is 0 Å². The average Bonchev–Trinajstić information content (AvgIpc) is 1.78. The summed E-state index contributed by atoms with van der Waals surface area (Å²) < 4.78 is 0. The van der Waals surface area contributed by atoms with Gasteiger partial charge in [-0.25, -0.2) is 0 Å². The zero-order chi connectivity index (χ0) is 6.91. The van der Waals surface area contributed by atoms with Crippen molar-refractivity contribution in [1.82, 2.24) is 0 Å². The summed E-state index contributed by atoms with van der Waals surface area (Å²) in [6.45, 7) is 4.03. The average molecular weight is 126 g/mol. The first kappa shape index (κ1) is 6.81. The number of aliphatic hydroxyl groups is 1. The van der Waals surface area contributed by atoms with E-state index in [1.165, 1.54) is 0 Å². The van der Waals surface area contributed by atoms with Crippen LogP contribution < -0.4 is 0 Å². The smallest absolute Gasteiger partial charge is 0.0800 e. The molecule has 2 atom stereocenters. The van der Waals surface area contributed by atoms with E-state index < -0.39 is 5.60 Å². The van der Waals surface area contributed by atoms with Crippen molar-refractivity contribution < 1.29 is 5.11 Å². The first-order chi connectivity index (χ1) is 4.10. The molecule has 1 heteroatoms. The molecule has 0 amide bonds. The molecule has 1 rings (SSSR count). The molecule has 0 saturated heterocycles. The number of allylic oxidation sites excluding steroid dienone is 1. The van der Waals surface area contributed by atoms with Crippen molar-refractivity contribution in [2.75, 3.05) is 0 Å². The monoisotopic (exact) mass is 126 g/mol. The van der Waals surface area contributed by atoms with Crippen LogP contribution in [0.1, 0.15) is 26.7 Å². The molecule has 1 nitrogen and oxygen atoms in total. The molecule has 0 bridgehead atoms. The third kappa shape index (κ3) is 1.83. The predicted molar refractivity (Wildman–Crippen MR) is 38.2 cm³/mol. The van der Waals surface area contributed by atoms with Crippen LogP contribution in [0.5, 0.6) is 0 Å². The first-order valence-corrected chi connectivity index (χ1v) is 3.52. The summed E-state index contributed by atoms with van der Waals surface area (Å²) in [6.07, 6.45) is 6.01. The fraction of sp³-hybridized carbons (Fsp3) is 0.750. The van der Waals surface area contributed by atoms with Crippen LogP contribution in [-0.2, 0) is 0 Å². The molecule has 0 aromatic rings. The molecule has 0 heterocycles. The van der Waals surface area contributed by atoms with Crippen molar-refractivity contribution in [1.29, 1.82) is 0 Å². The van der Waals surface area contributed by atoms with Gasteiger partial charge in [0.2, 0.25) is 0 Å². The van der Waals surface area contributed by atoms with Gasteiger partial charge < -0.3 is 5.11 Å². The van der Waals surface area contributed by atoms with Gasteiger partial charge in [0.05, 0.1) is 5.60 Å². The summed E-state index contributed by atoms with van der Waals surface area (Å²) in [7, 11) is 0. The van der Waals surface area contributed by atoms with E-state index in [1.54, 1.807) is 0 Å². The highest BCUT2D eigenvalue weighted by atomic mass is 16.3. The van der Waals surface area contributed by atoms with E-state index in [4.69, 9.17) is 0 Å². The quantitative estimate of drug-likeness (QED) is 0.490. The lowest BCUT2D eigenvalue weighted by Gasteiger charge is -2.25. The van der Waals surface area contributed by atoms with Crippen molar-refractivity contribution in [2.24, 2.45) is 5.92 Å². The van der Waals surface area contributed by atoms with Crippen molar-refractivity contribution in [3.63, 3.8) is 0 Å². The Morgan fingerprint density at radius 2 is 2.33 bits per heavy atom. The molecule has 9 heavy (non-hydrogen) atoms. The minimum Gasteiger partial charge on any atom is -0.386 e. The molecule has 0 spiro atoms. The first-order valence-electron chi connectivity index (χ1n) is 3.52. The Bertz CT molecular complexity index is 125. The lowest BCUT2D eigenvalue weighted by atomic mass is 9.88. The highest BCUT2D eigenvalue weighted by molar-refractivity contribution is 5.04. The van der Waals surface area contributed by atoms with Gasteiger partial charge in [-0.1, -0.05) is 19.1 Å². The Morgan fingerprint density at radius 3 is 2.67 bits per heavy atom. The topological polar surface area (TPSA) is 20.2 Å². The fourth-order valence-electron chi connectivity index (χ4n) is 1.07. The van der Waals surface area contributed by atoms with Crippen LogP contribution in [0.25, 0.3) is 0 Å². The Morgan fingerprint density at radius 1 is 1.67 bits per heavy atom. The van der Waals surface area contributed by atoms with E-state index in [0.717, 1.165) is 12.8 Å². The minimum atomic E-state index is -0.521. The van der Waals surface area contributed by atoms with Gasteiger partial charge in [-0.05, 0) is 25.7 Å². The van der Waals surface area contributed by atoms with E-state index in [0.29, 0.717) is 5.92 Å². The summed E-state index contributed by atoms with van der Waals surface area (Å²) in [6, 6.07) is 0. The molecular formula is C8H14O. The summed E-state index contributed by atoms with van der Waals surface area (Å²) in [5, 5.41) is 9.41.